The van der Waals surface area contributed by atoms with Gasteiger partial charge in [-0.1, -0.05) is 0 Å². The van der Waals surface area contributed by atoms with Gasteiger partial charge in [-0.25, -0.2) is 0 Å². The van der Waals surface area contributed by atoms with E-state index in [1.807, 2.05) is 18.5 Å². The summed E-state index contributed by atoms with van der Waals surface area (Å²) in [6, 6.07) is 0. The molecule has 0 aliphatic carbocycles. The van der Waals surface area contributed by atoms with E-state index in [0.717, 1.165) is 22.4 Å². The van der Waals surface area contributed by atoms with Crippen LogP contribution >= 0.6 is 27.5 Å². The molecule has 0 atom stereocenters. The Bertz CT molecular complexity index is 257. The van der Waals surface area contributed by atoms with Gasteiger partial charge in [0.2, 0.25) is 0 Å². The quantitative estimate of drug-likeness (QED) is 0.723. The summed E-state index contributed by atoms with van der Waals surface area (Å²) < 4.78 is 2.99. The van der Waals surface area contributed by atoms with Gasteiger partial charge in [0.05, 0.1) is 16.7 Å². The van der Waals surface area contributed by atoms with Gasteiger partial charge in [-0.05, 0) is 29.8 Å². The highest BCUT2D eigenvalue weighted by Crippen LogP contribution is 2.19. The molecule has 62 valence electrons. The van der Waals surface area contributed by atoms with Crippen molar-refractivity contribution in [1.29, 1.82) is 0 Å². The molecule has 1 aromatic heterocycles. The lowest BCUT2D eigenvalue weighted by Gasteiger charge is -1.98. The fraction of sp³-hybridized carbons (Fsp3) is 0.571. The van der Waals surface area contributed by atoms with E-state index in [-0.39, 0.29) is 0 Å². The normalized spacial score (nSPS) is 10.5. The molecule has 0 bridgehead atoms. The molecule has 0 fully saturated rings. The first-order chi connectivity index (χ1) is 5.16. The molecule has 0 spiro atoms. The first-order valence-corrected chi connectivity index (χ1v) is 4.75. The molecule has 1 heterocycles. The molecule has 1 rings (SSSR count). The molecular formula is C7H10BrClN2. The summed E-state index contributed by atoms with van der Waals surface area (Å²) in [6.45, 7) is 4.78. The van der Waals surface area contributed by atoms with E-state index in [2.05, 4.69) is 21.0 Å². The van der Waals surface area contributed by atoms with E-state index < -0.39 is 0 Å². The fourth-order valence-corrected chi connectivity index (χ4v) is 1.42. The van der Waals surface area contributed by atoms with Gasteiger partial charge in [0.15, 0.2) is 0 Å². The lowest BCUT2D eigenvalue weighted by Crippen LogP contribution is -2.03. The van der Waals surface area contributed by atoms with Gasteiger partial charge in [0, 0.05) is 11.6 Å². The number of rotatable bonds is 2. The van der Waals surface area contributed by atoms with Crippen LogP contribution in [-0.4, -0.2) is 15.7 Å². The van der Waals surface area contributed by atoms with Crippen molar-refractivity contribution in [3.63, 3.8) is 0 Å². The van der Waals surface area contributed by atoms with Crippen LogP contribution in [0.15, 0.2) is 4.47 Å². The van der Waals surface area contributed by atoms with Crippen molar-refractivity contribution in [2.24, 2.45) is 0 Å². The molecule has 0 saturated heterocycles. The van der Waals surface area contributed by atoms with Crippen molar-refractivity contribution in [3.05, 3.63) is 15.9 Å². The number of hydrogen-bond donors (Lipinski definition) is 0. The van der Waals surface area contributed by atoms with Gasteiger partial charge >= 0.3 is 0 Å². The first-order valence-electron chi connectivity index (χ1n) is 3.42. The summed E-state index contributed by atoms with van der Waals surface area (Å²) in [4.78, 5) is 0. The Hall–Kier alpha value is -0.0200. The molecule has 0 radical (unpaired) electrons. The number of aryl methyl sites for hydroxylation is 2. The van der Waals surface area contributed by atoms with Gasteiger partial charge < -0.3 is 0 Å². The summed E-state index contributed by atoms with van der Waals surface area (Å²) in [5.74, 6) is 0.606. The van der Waals surface area contributed by atoms with Gasteiger partial charge in [-0.15, -0.1) is 11.6 Å². The Morgan fingerprint density at radius 1 is 1.55 bits per heavy atom. The fourth-order valence-electron chi connectivity index (χ4n) is 0.973. The van der Waals surface area contributed by atoms with Crippen LogP contribution in [0.3, 0.4) is 0 Å². The maximum Gasteiger partial charge on any atom is 0.0738 e. The average molecular weight is 238 g/mol. The van der Waals surface area contributed by atoms with Crippen LogP contribution < -0.4 is 0 Å². The molecule has 0 aliphatic heterocycles. The highest BCUT2D eigenvalue weighted by Gasteiger charge is 2.06. The van der Waals surface area contributed by atoms with E-state index in [4.69, 9.17) is 11.6 Å². The van der Waals surface area contributed by atoms with Crippen molar-refractivity contribution in [2.45, 2.75) is 20.4 Å². The number of nitrogens with zero attached hydrogens (tertiary/aromatic N) is 2. The van der Waals surface area contributed by atoms with Gasteiger partial charge in [-0.3, -0.25) is 4.68 Å². The smallest absolute Gasteiger partial charge is 0.0738 e. The molecule has 2 nitrogen and oxygen atoms in total. The number of halogens is 2. The highest BCUT2D eigenvalue weighted by atomic mass is 79.9. The molecule has 0 aromatic carbocycles. The number of alkyl halides is 1. The summed E-state index contributed by atoms with van der Waals surface area (Å²) >= 11 is 9.04. The van der Waals surface area contributed by atoms with Crippen LogP contribution in [0.25, 0.3) is 0 Å². The molecule has 11 heavy (non-hydrogen) atoms. The molecular weight excluding hydrogens is 227 g/mol. The van der Waals surface area contributed by atoms with Gasteiger partial charge in [0.25, 0.3) is 0 Å². The Balaban J connectivity index is 2.98. The van der Waals surface area contributed by atoms with E-state index in [1.165, 1.54) is 0 Å². The van der Waals surface area contributed by atoms with Crippen molar-refractivity contribution in [3.8, 4) is 0 Å². The molecule has 0 aliphatic rings. The van der Waals surface area contributed by atoms with Gasteiger partial charge in [-0.2, -0.15) is 5.10 Å². The minimum absolute atomic E-state index is 0.606. The summed E-state index contributed by atoms with van der Waals surface area (Å²) in [5.41, 5.74) is 2.16. The second-order valence-electron chi connectivity index (χ2n) is 2.40. The van der Waals surface area contributed by atoms with Crippen molar-refractivity contribution >= 4 is 27.5 Å². The second kappa shape index (κ2) is 3.59. The van der Waals surface area contributed by atoms with Crippen LogP contribution in [0.1, 0.15) is 11.4 Å². The van der Waals surface area contributed by atoms with Crippen LogP contribution in [0.4, 0.5) is 0 Å². The highest BCUT2D eigenvalue weighted by molar-refractivity contribution is 9.10. The van der Waals surface area contributed by atoms with Crippen LogP contribution in [-0.2, 0) is 6.54 Å². The minimum Gasteiger partial charge on any atom is -0.267 e. The molecule has 0 amide bonds. The maximum atomic E-state index is 5.59. The van der Waals surface area contributed by atoms with E-state index in [0.29, 0.717) is 5.88 Å². The molecule has 4 heteroatoms. The summed E-state index contributed by atoms with van der Waals surface area (Å²) in [6.07, 6.45) is 0. The maximum absolute atomic E-state index is 5.59. The molecule has 0 saturated carbocycles. The monoisotopic (exact) mass is 236 g/mol. The molecule has 0 N–H and O–H groups in total. The zero-order chi connectivity index (χ0) is 8.43. The summed E-state index contributed by atoms with van der Waals surface area (Å²) in [7, 11) is 0. The van der Waals surface area contributed by atoms with Crippen LogP contribution in [0.2, 0.25) is 0 Å². The molecule has 0 unspecified atom stereocenters. The Labute approximate surface area is 79.7 Å². The largest absolute Gasteiger partial charge is 0.267 e. The third-order valence-corrected chi connectivity index (χ3v) is 2.91. The topological polar surface area (TPSA) is 17.8 Å². The van der Waals surface area contributed by atoms with Crippen LogP contribution in [0, 0.1) is 13.8 Å². The van der Waals surface area contributed by atoms with E-state index >= 15 is 0 Å². The zero-order valence-corrected chi connectivity index (χ0v) is 8.91. The van der Waals surface area contributed by atoms with Crippen LogP contribution in [0.5, 0.6) is 0 Å². The number of hydrogen-bond acceptors (Lipinski definition) is 1. The first kappa shape index (κ1) is 9.07. The number of aromatic nitrogens is 2. The van der Waals surface area contributed by atoms with Crippen molar-refractivity contribution < 1.29 is 0 Å². The average Bonchev–Trinajstić information content (AvgIpc) is 2.19. The van der Waals surface area contributed by atoms with Crippen molar-refractivity contribution in [1.82, 2.24) is 9.78 Å². The summed E-state index contributed by atoms with van der Waals surface area (Å²) in [5, 5.41) is 4.28. The third kappa shape index (κ3) is 1.76. The van der Waals surface area contributed by atoms with Gasteiger partial charge in [0.1, 0.15) is 0 Å². The standard InChI is InChI=1S/C7H10BrClN2/c1-5-7(8)6(2)11(10-5)4-3-9/h3-4H2,1-2H3. The Morgan fingerprint density at radius 2 is 2.18 bits per heavy atom. The Kier molecular flexibility index (Phi) is 2.96. The predicted octanol–water partition coefficient (Wildman–Crippen LogP) is 2.50. The van der Waals surface area contributed by atoms with E-state index in [9.17, 15) is 0 Å². The lowest BCUT2D eigenvalue weighted by atomic mass is 10.4. The second-order valence-corrected chi connectivity index (χ2v) is 3.57. The van der Waals surface area contributed by atoms with E-state index in [1.54, 1.807) is 0 Å². The predicted molar refractivity (Wildman–Crippen MR) is 50.1 cm³/mol. The Morgan fingerprint density at radius 3 is 2.55 bits per heavy atom. The third-order valence-electron chi connectivity index (χ3n) is 1.59. The zero-order valence-electron chi connectivity index (χ0n) is 6.56. The SMILES string of the molecule is Cc1nn(CCCl)c(C)c1Br. The lowest BCUT2D eigenvalue weighted by molar-refractivity contribution is 0.638. The minimum atomic E-state index is 0.606. The van der Waals surface area contributed by atoms with Crippen molar-refractivity contribution in [2.75, 3.05) is 5.88 Å². The molecule has 1 aromatic rings.